The van der Waals surface area contributed by atoms with E-state index < -0.39 is 0 Å². The smallest absolute Gasteiger partial charge is 0.341 e. The fourth-order valence-corrected chi connectivity index (χ4v) is 7.15. The number of H-pyrrole nitrogens is 1. The lowest BCUT2D eigenvalue weighted by molar-refractivity contribution is -0.115. The van der Waals surface area contributed by atoms with Crippen molar-refractivity contribution in [3.8, 4) is 0 Å². The van der Waals surface area contributed by atoms with Crippen LogP contribution in [0.1, 0.15) is 52.0 Å². The number of aromatic nitrogens is 4. The predicted molar refractivity (Wildman–Crippen MR) is 155 cm³/mol. The van der Waals surface area contributed by atoms with E-state index in [-0.39, 0.29) is 24.9 Å². The van der Waals surface area contributed by atoms with E-state index in [1.54, 1.807) is 6.92 Å². The van der Waals surface area contributed by atoms with Crippen LogP contribution in [0.5, 0.6) is 0 Å². The average Bonchev–Trinajstić information content (AvgIpc) is 3.50. The van der Waals surface area contributed by atoms with Crippen LogP contribution in [0.15, 0.2) is 59.8 Å². The van der Waals surface area contributed by atoms with Crippen molar-refractivity contribution in [2.75, 3.05) is 17.7 Å². The highest BCUT2D eigenvalue weighted by molar-refractivity contribution is 7.99. The maximum atomic E-state index is 12.9. The maximum absolute atomic E-state index is 12.9. The normalized spacial score (nSPS) is 14.8. The molecule has 0 saturated carbocycles. The zero-order chi connectivity index (χ0) is 26.8. The number of hydrogen-bond donors (Lipinski definition) is 2. The molecule has 0 radical (unpaired) electrons. The second kappa shape index (κ2) is 11.2. The number of thiophene rings is 1. The number of thioether (sulfide) groups is 1. The fraction of sp³-hybridized carbons (Fsp3) is 0.276. The van der Waals surface area contributed by atoms with Crippen molar-refractivity contribution in [2.45, 2.75) is 43.7 Å². The molecule has 1 unspecified atom stereocenters. The molecule has 3 aromatic heterocycles. The molecule has 0 fully saturated rings. The van der Waals surface area contributed by atoms with Crippen LogP contribution in [-0.4, -0.2) is 44.4 Å². The van der Waals surface area contributed by atoms with Gasteiger partial charge in [-0.25, -0.2) is 9.78 Å². The Bertz CT molecular complexity index is 1660. The Balaban J connectivity index is 1.14. The number of nitrogens with one attached hydrogen (secondary N) is 2. The zero-order valence-electron chi connectivity index (χ0n) is 21.4. The third-order valence-corrected chi connectivity index (χ3v) is 8.94. The maximum Gasteiger partial charge on any atom is 0.341 e. The molecule has 0 saturated heterocycles. The number of rotatable bonds is 8. The summed E-state index contributed by atoms with van der Waals surface area (Å²) in [5.41, 5.74) is 5.20. The van der Waals surface area contributed by atoms with E-state index >= 15 is 0 Å². The van der Waals surface area contributed by atoms with E-state index in [9.17, 15) is 9.59 Å². The number of esters is 1. The van der Waals surface area contributed by atoms with Crippen LogP contribution >= 0.6 is 23.1 Å². The van der Waals surface area contributed by atoms with Gasteiger partial charge in [-0.3, -0.25) is 4.79 Å². The number of carbonyl (C=O) groups is 2. The molecule has 6 rings (SSSR count). The molecule has 1 aliphatic rings. The van der Waals surface area contributed by atoms with Gasteiger partial charge in [0.1, 0.15) is 10.5 Å². The Morgan fingerprint density at radius 3 is 2.79 bits per heavy atom. The molecule has 0 spiro atoms. The summed E-state index contributed by atoms with van der Waals surface area (Å²) in [6.45, 7) is 2.08. The highest BCUT2D eigenvalue weighted by Crippen LogP contribution is 2.43. The molecule has 198 valence electrons. The van der Waals surface area contributed by atoms with Gasteiger partial charge in [0.15, 0.2) is 5.65 Å². The third-order valence-electron chi connectivity index (χ3n) is 6.93. The lowest BCUT2D eigenvalue weighted by atomic mass is 9.83. The summed E-state index contributed by atoms with van der Waals surface area (Å²) in [4.78, 5) is 34.8. The van der Waals surface area contributed by atoms with Crippen molar-refractivity contribution in [3.63, 3.8) is 0 Å². The van der Waals surface area contributed by atoms with E-state index in [1.165, 1.54) is 28.7 Å². The Labute approximate surface area is 233 Å². The van der Waals surface area contributed by atoms with E-state index in [0.29, 0.717) is 33.0 Å². The van der Waals surface area contributed by atoms with Crippen LogP contribution in [-0.2, 0) is 22.4 Å². The minimum Gasteiger partial charge on any atom is -0.462 e. The van der Waals surface area contributed by atoms with Gasteiger partial charge in [-0.1, -0.05) is 60.3 Å². The Kier molecular flexibility index (Phi) is 7.30. The number of carbonyl (C=O) groups excluding carboxylic acids is 2. The van der Waals surface area contributed by atoms with Crippen molar-refractivity contribution in [3.05, 3.63) is 76.2 Å². The first-order chi connectivity index (χ1) is 19.1. The van der Waals surface area contributed by atoms with Crippen LogP contribution in [0.3, 0.4) is 0 Å². The van der Waals surface area contributed by atoms with Gasteiger partial charge in [0.2, 0.25) is 11.1 Å². The number of para-hydroxylation sites is 1. The summed E-state index contributed by atoms with van der Waals surface area (Å²) in [5, 5.41) is 13.6. The molecule has 0 aliphatic heterocycles. The van der Waals surface area contributed by atoms with Crippen molar-refractivity contribution in [1.29, 1.82) is 0 Å². The molecule has 3 heterocycles. The highest BCUT2D eigenvalue weighted by Gasteiger charge is 2.30. The second-order valence-corrected chi connectivity index (χ2v) is 11.6. The molecule has 8 nitrogen and oxygen atoms in total. The quantitative estimate of drug-likeness (QED) is 0.174. The second-order valence-electron chi connectivity index (χ2n) is 9.39. The molecule has 0 bridgehead atoms. The number of nitrogens with zero attached hydrogens (tertiary/aromatic N) is 3. The van der Waals surface area contributed by atoms with Gasteiger partial charge in [0.05, 0.1) is 12.2 Å². The molecule has 10 heteroatoms. The van der Waals surface area contributed by atoms with Gasteiger partial charge in [0.25, 0.3) is 0 Å². The van der Waals surface area contributed by atoms with E-state index in [2.05, 4.69) is 49.7 Å². The van der Waals surface area contributed by atoms with Crippen molar-refractivity contribution in [1.82, 2.24) is 20.2 Å². The van der Waals surface area contributed by atoms with Crippen LogP contribution in [0.2, 0.25) is 0 Å². The molecular weight excluding hydrogens is 530 g/mol. The molecule has 1 atom stereocenters. The van der Waals surface area contributed by atoms with Crippen LogP contribution in [0, 0.1) is 0 Å². The minimum absolute atomic E-state index is 0.161. The number of fused-ring (bicyclic) bond motifs is 4. The Hall–Kier alpha value is -3.76. The van der Waals surface area contributed by atoms with E-state index in [0.717, 1.165) is 46.1 Å². The van der Waals surface area contributed by atoms with Crippen LogP contribution < -0.4 is 5.32 Å². The summed E-state index contributed by atoms with van der Waals surface area (Å²) >= 11 is 2.87. The number of amides is 1. The molecule has 2 N–H and O–H groups in total. The largest absolute Gasteiger partial charge is 0.462 e. The zero-order valence-corrected chi connectivity index (χ0v) is 23.0. The summed E-state index contributed by atoms with van der Waals surface area (Å²) in [6, 6.07) is 18.3. The topological polar surface area (TPSA) is 110 Å². The number of benzene rings is 2. The monoisotopic (exact) mass is 557 g/mol. The molecular formula is C29H27N5O3S2. The molecule has 39 heavy (non-hydrogen) atoms. The number of ether oxygens (including phenoxy) is 1. The fourth-order valence-electron chi connectivity index (χ4n) is 5.09. The van der Waals surface area contributed by atoms with E-state index in [1.807, 2.05) is 30.3 Å². The lowest BCUT2D eigenvalue weighted by Crippen LogP contribution is -2.17. The average molecular weight is 558 g/mol. The number of anilines is 1. The van der Waals surface area contributed by atoms with Gasteiger partial charge in [0, 0.05) is 28.0 Å². The van der Waals surface area contributed by atoms with Crippen molar-refractivity contribution in [2.24, 2.45) is 0 Å². The molecule has 1 amide bonds. The molecule has 5 aromatic rings. The van der Waals surface area contributed by atoms with Gasteiger partial charge in [-0.2, -0.15) is 0 Å². The van der Waals surface area contributed by atoms with Gasteiger partial charge >= 0.3 is 5.97 Å². The number of hydrogen-bond acceptors (Lipinski definition) is 8. The van der Waals surface area contributed by atoms with Crippen molar-refractivity contribution < 1.29 is 14.3 Å². The summed E-state index contributed by atoms with van der Waals surface area (Å²) in [6.07, 6.45) is 2.84. The van der Waals surface area contributed by atoms with Gasteiger partial charge in [-0.05, 0) is 49.3 Å². The standard InChI is InChI=1S/C29H27N5O3S2/c1-2-37-28(36)24-20-13-12-18(17-8-4-3-5-9-17)16-22(20)39-27(24)31-23(35)14-15-38-29-32-26-25(33-34-29)19-10-6-7-11-21(19)30-26/h3-11,18H,2,12-16H2,1H3,(H,31,35)(H,30,32,34). The number of aromatic amines is 1. The summed E-state index contributed by atoms with van der Waals surface area (Å²) in [7, 11) is 0. The highest BCUT2D eigenvalue weighted by atomic mass is 32.2. The van der Waals surface area contributed by atoms with Gasteiger partial charge < -0.3 is 15.0 Å². The van der Waals surface area contributed by atoms with Crippen LogP contribution in [0.4, 0.5) is 5.00 Å². The Morgan fingerprint density at radius 2 is 1.95 bits per heavy atom. The molecule has 2 aromatic carbocycles. The van der Waals surface area contributed by atoms with Crippen LogP contribution in [0.25, 0.3) is 22.1 Å². The van der Waals surface area contributed by atoms with Gasteiger partial charge in [-0.15, -0.1) is 21.5 Å². The van der Waals surface area contributed by atoms with Crippen molar-refractivity contribution >= 4 is 62.0 Å². The summed E-state index contributed by atoms with van der Waals surface area (Å²) in [5.74, 6) is 0.347. The Morgan fingerprint density at radius 1 is 1.13 bits per heavy atom. The first-order valence-corrected chi connectivity index (χ1v) is 14.8. The first kappa shape index (κ1) is 25.5. The van der Waals surface area contributed by atoms with E-state index in [4.69, 9.17) is 4.74 Å². The predicted octanol–water partition coefficient (Wildman–Crippen LogP) is 6.14. The summed E-state index contributed by atoms with van der Waals surface area (Å²) < 4.78 is 5.37. The third kappa shape index (κ3) is 5.26. The minimum atomic E-state index is -0.371. The lowest BCUT2D eigenvalue weighted by Gasteiger charge is -2.23. The molecule has 1 aliphatic carbocycles. The first-order valence-electron chi connectivity index (χ1n) is 13.0. The SMILES string of the molecule is CCOC(=O)c1c(NC(=O)CCSc2nnc3c(n2)[nH]c2ccccc23)sc2c1CCC(c1ccccc1)C2.